The van der Waals surface area contributed by atoms with Crippen molar-refractivity contribution in [1.82, 2.24) is 4.90 Å². The van der Waals surface area contributed by atoms with Gasteiger partial charge in [-0.25, -0.2) is 0 Å². The lowest BCUT2D eigenvalue weighted by Gasteiger charge is -2.37. The number of hydrogen-bond donors (Lipinski definition) is 1. The van der Waals surface area contributed by atoms with Crippen molar-refractivity contribution >= 4 is 11.6 Å². The number of carbonyl (C=O) groups is 1. The molecule has 1 aliphatic rings. The lowest BCUT2D eigenvalue weighted by Crippen LogP contribution is -2.48. The maximum atomic E-state index is 11.3. The van der Waals surface area contributed by atoms with Gasteiger partial charge in [-0.05, 0) is 19.1 Å². The standard InChI is InChI=1S/C15H19N3O2/c1-11(19)14-4-3-13(10-16)9-15(14)18-7-5-17(6-8-18)12(2)20/h3-4,9,11,19H,5-8H2,1-2H3/t11-/m1/s1. The minimum atomic E-state index is -0.580. The largest absolute Gasteiger partial charge is 0.389 e. The molecule has 5 nitrogen and oxygen atoms in total. The van der Waals surface area contributed by atoms with E-state index in [0.717, 1.165) is 11.3 Å². The van der Waals surface area contributed by atoms with Crippen LogP contribution in [0.15, 0.2) is 18.2 Å². The van der Waals surface area contributed by atoms with Gasteiger partial charge < -0.3 is 14.9 Å². The van der Waals surface area contributed by atoms with Crippen molar-refractivity contribution in [2.24, 2.45) is 0 Å². The number of anilines is 1. The number of carbonyl (C=O) groups excluding carboxylic acids is 1. The zero-order valence-electron chi connectivity index (χ0n) is 11.8. The van der Waals surface area contributed by atoms with E-state index in [0.29, 0.717) is 31.7 Å². The van der Waals surface area contributed by atoms with Crippen LogP contribution in [0.2, 0.25) is 0 Å². The average Bonchev–Trinajstić information content (AvgIpc) is 2.46. The van der Waals surface area contributed by atoms with E-state index in [1.54, 1.807) is 26.0 Å². The second-order valence-corrected chi connectivity index (χ2v) is 5.05. The molecule has 0 saturated carbocycles. The van der Waals surface area contributed by atoms with Crippen molar-refractivity contribution in [3.63, 3.8) is 0 Å². The molecule has 1 aromatic rings. The lowest BCUT2D eigenvalue weighted by molar-refractivity contribution is -0.129. The van der Waals surface area contributed by atoms with Crippen LogP contribution in [-0.2, 0) is 4.79 Å². The third-order valence-electron chi connectivity index (χ3n) is 3.68. The highest BCUT2D eigenvalue weighted by Crippen LogP contribution is 2.28. The SMILES string of the molecule is CC(=O)N1CCN(c2cc(C#N)ccc2[C@@H](C)O)CC1. The van der Waals surface area contributed by atoms with E-state index in [1.807, 2.05) is 11.0 Å². The van der Waals surface area contributed by atoms with Gasteiger partial charge in [-0.3, -0.25) is 4.79 Å². The van der Waals surface area contributed by atoms with Crippen LogP contribution in [0.1, 0.15) is 31.1 Å². The normalized spacial score (nSPS) is 16.7. The summed E-state index contributed by atoms with van der Waals surface area (Å²) in [5.41, 5.74) is 2.29. The number of piperazine rings is 1. The Morgan fingerprint density at radius 2 is 2.00 bits per heavy atom. The minimum Gasteiger partial charge on any atom is -0.389 e. The molecular weight excluding hydrogens is 254 g/mol. The van der Waals surface area contributed by atoms with Gasteiger partial charge in [0, 0.05) is 44.4 Å². The Kier molecular flexibility index (Phi) is 4.26. The minimum absolute atomic E-state index is 0.0891. The summed E-state index contributed by atoms with van der Waals surface area (Å²) in [5, 5.41) is 18.9. The Bertz CT molecular complexity index is 541. The molecule has 0 unspecified atom stereocenters. The molecule has 0 aromatic heterocycles. The van der Waals surface area contributed by atoms with E-state index in [-0.39, 0.29) is 5.91 Å². The fourth-order valence-corrected chi connectivity index (χ4v) is 2.50. The first kappa shape index (κ1) is 14.4. The van der Waals surface area contributed by atoms with E-state index in [4.69, 9.17) is 5.26 Å². The predicted octanol–water partition coefficient (Wildman–Crippen LogP) is 1.28. The quantitative estimate of drug-likeness (QED) is 0.881. The van der Waals surface area contributed by atoms with Crippen LogP contribution in [0.25, 0.3) is 0 Å². The summed E-state index contributed by atoms with van der Waals surface area (Å²) < 4.78 is 0. The highest BCUT2D eigenvalue weighted by atomic mass is 16.3. The molecule has 1 heterocycles. The predicted molar refractivity (Wildman–Crippen MR) is 76.3 cm³/mol. The average molecular weight is 273 g/mol. The van der Waals surface area contributed by atoms with E-state index >= 15 is 0 Å². The summed E-state index contributed by atoms with van der Waals surface area (Å²) in [6.45, 7) is 6.07. The molecule has 5 heteroatoms. The maximum absolute atomic E-state index is 11.3. The van der Waals surface area contributed by atoms with Crippen LogP contribution in [-0.4, -0.2) is 42.1 Å². The van der Waals surface area contributed by atoms with Gasteiger partial charge >= 0.3 is 0 Å². The molecule has 0 aliphatic carbocycles. The van der Waals surface area contributed by atoms with Crippen LogP contribution < -0.4 is 4.90 Å². The van der Waals surface area contributed by atoms with Crippen LogP contribution in [0.4, 0.5) is 5.69 Å². The highest BCUT2D eigenvalue weighted by Gasteiger charge is 2.22. The van der Waals surface area contributed by atoms with Gasteiger partial charge in [0.1, 0.15) is 0 Å². The number of nitrogens with zero attached hydrogens (tertiary/aromatic N) is 3. The van der Waals surface area contributed by atoms with Crippen molar-refractivity contribution in [3.05, 3.63) is 29.3 Å². The first-order chi connectivity index (χ1) is 9.52. The van der Waals surface area contributed by atoms with Crippen LogP contribution >= 0.6 is 0 Å². The second-order valence-electron chi connectivity index (χ2n) is 5.05. The van der Waals surface area contributed by atoms with Crippen LogP contribution in [0, 0.1) is 11.3 Å². The van der Waals surface area contributed by atoms with Gasteiger partial charge in [-0.1, -0.05) is 6.07 Å². The number of aliphatic hydroxyl groups is 1. The fourth-order valence-electron chi connectivity index (χ4n) is 2.50. The Morgan fingerprint density at radius 1 is 1.35 bits per heavy atom. The summed E-state index contributed by atoms with van der Waals surface area (Å²) in [4.78, 5) is 15.3. The molecule has 1 amide bonds. The van der Waals surface area contributed by atoms with Crippen LogP contribution in [0.3, 0.4) is 0 Å². The molecule has 1 aliphatic heterocycles. The van der Waals surface area contributed by atoms with Gasteiger partial charge in [-0.2, -0.15) is 5.26 Å². The first-order valence-electron chi connectivity index (χ1n) is 6.75. The molecule has 20 heavy (non-hydrogen) atoms. The van der Waals surface area contributed by atoms with E-state index in [1.165, 1.54) is 0 Å². The number of nitriles is 1. The fraction of sp³-hybridized carbons (Fsp3) is 0.467. The summed E-state index contributed by atoms with van der Waals surface area (Å²) >= 11 is 0. The Hall–Kier alpha value is -2.06. The number of aliphatic hydroxyl groups excluding tert-OH is 1. The van der Waals surface area contributed by atoms with Crippen molar-refractivity contribution < 1.29 is 9.90 Å². The summed E-state index contributed by atoms with van der Waals surface area (Å²) in [6.07, 6.45) is -0.580. The Balaban J connectivity index is 2.24. The molecule has 1 aromatic carbocycles. The van der Waals surface area contributed by atoms with Crippen LogP contribution in [0.5, 0.6) is 0 Å². The molecule has 1 fully saturated rings. The van der Waals surface area contributed by atoms with Gasteiger partial charge in [0.05, 0.1) is 17.7 Å². The molecule has 106 valence electrons. The van der Waals surface area contributed by atoms with Crippen molar-refractivity contribution in [1.29, 1.82) is 5.26 Å². The Morgan fingerprint density at radius 3 is 2.50 bits per heavy atom. The zero-order valence-corrected chi connectivity index (χ0v) is 11.8. The maximum Gasteiger partial charge on any atom is 0.219 e. The van der Waals surface area contributed by atoms with Gasteiger partial charge in [0.25, 0.3) is 0 Å². The molecule has 1 atom stereocenters. The third kappa shape index (κ3) is 2.91. The van der Waals surface area contributed by atoms with Crippen molar-refractivity contribution in [3.8, 4) is 6.07 Å². The molecule has 0 spiro atoms. The molecule has 2 rings (SSSR count). The molecule has 0 radical (unpaired) electrons. The first-order valence-corrected chi connectivity index (χ1v) is 6.75. The summed E-state index contributed by atoms with van der Waals surface area (Å²) in [7, 11) is 0. The number of hydrogen-bond acceptors (Lipinski definition) is 4. The monoisotopic (exact) mass is 273 g/mol. The van der Waals surface area contributed by atoms with E-state index in [2.05, 4.69) is 11.0 Å². The zero-order chi connectivity index (χ0) is 14.7. The Labute approximate surface area is 119 Å². The lowest BCUT2D eigenvalue weighted by atomic mass is 10.0. The van der Waals surface area contributed by atoms with Gasteiger partial charge in [-0.15, -0.1) is 0 Å². The molecule has 1 saturated heterocycles. The topological polar surface area (TPSA) is 67.6 Å². The molecular formula is C15H19N3O2. The molecule has 0 bridgehead atoms. The van der Waals surface area contributed by atoms with E-state index in [9.17, 15) is 9.90 Å². The summed E-state index contributed by atoms with van der Waals surface area (Å²) in [6, 6.07) is 7.46. The number of benzene rings is 1. The van der Waals surface area contributed by atoms with Crippen molar-refractivity contribution in [2.45, 2.75) is 20.0 Å². The highest BCUT2D eigenvalue weighted by molar-refractivity contribution is 5.73. The van der Waals surface area contributed by atoms with Gasteiger partial charge in [0.2, 0.25) is 5.91 Å². The molecule has 1 N–H and O–H groups in total. The van der Waals surface area contributed by atoms with E-state index < -0.39 is 6.10 Å². The smallest absolute Gasteiger partial charge is 0.219 e. The van der Waals surface area contributed by atoms with Gasteiger partial charge in [0.15, 0.2) is 0 Å². The number of rotatable bonds is 2. The number of amides is 1. The van der Waals surface area contributed by atoms with Crippen molar-refractivity contribution in [2.75, 3.05) is 31.1 Å². The second kappa shape index (κ2) is 5.93. The third-order valence-corrected chi connectivity index (χ3v) is 3.68. The summed E-state index contributed by atoms with van der Waals surface area (Å²) in [5.74, 6) is 0.0891.